The van der Waals surface area contributed by atoms with E-state index in [1.165, 1.54) is 11.3 Å². The molecule has 2 aromatic heterocycles. The van der Waals surface area contributed by atoms with Crippen LogP contribution in [0.4, 0.5) is 0 Å². The van der Waals surface area contributed by atoms with E-state index in [4.69, 9.17) is 4.98 Å². The average molecular weight is 301 g/mol. The number of rotatable bonds is 4. The molecule has 1 atom stereocenters. The molecule has 2 aromatic rings. The summed E-state index contributed by atoms with van der Waals surface area (Å²) in [5.41, 5.74) is 3.93. The summed E-state index contributed by atoms with van der Waals surface area (Å²) in [4.78, 5) is 9.46. The molecule has 0 saturated carbocycles. The highest BCUT2D eigenvalue weighted by atomic mass is 32.1. The maximum atomic E-state index is 4.87. The van der Waals surface area contributed by atoms with E-state index >= 15 is 0 Å². The van der Waals surface area contributed by atoms with Crippen LogP contribution in [0.5, 0.6) is 0 Å². The van der Waals surface area contributed by atoms with E-state index in [1.54, 1.807) is 11.3 Å². The second kappa shape index (κ2) is 5.85. The molecule has 1 aliphatic carbocycles. The van der Waals surface area contributed by atoms with E-state index in [1.807, 2.05) is 6.20 Å². The minimum Gasteiger partial charge on any atom is -0.310 e. The van der Waals surface area contributed by atoms with Crippen LogP contribution in [0, 0.1) is 5.41 Å². The molecule has 3 rings (SSSR count). The molecule has 0 saturated heterocycles. The molecule has 2 heterocycles. The van der Waals surface area contributed by atoms with E-state index in [-0.39, 0.29) is 0 Å². The van der Waals surface area contributed by atoms with Gasteiger partial charge in [-0.05, 0) is 42.7 Å². The maximum Gasteiger partial charge on any atom is 0.160 e. The minimum atomic E-state index is 0.290. The molecule has 1 aliphatic rings. The summed E-state index contributed by atoms with van der Waals surface area (Å²) < 4.78 is 0. The van der Waals surface area contributed by atoms with Crippen LogP contribution >= 0.6 is 11.3 Å². The Morgan fingerprint density at radius 1 is 1.43 bits per heavy atom. The van der Waals surface area contributed by atoms with Gasteiger partial charge in [0.2, 0.25) is 0 Å². The number of hydrogen-bond donors (Lipinski definition) is 1. The third-order valence-electron chi connectivity index (χ3n) is 4.10. The van der Waals surface area contributed by atoms with E-state index in [0.29, 0.717) is 11.5 Å². The molecular formula is C17H23N3S. The molecule has 0 aromatic carbocycles. The predicted molar refractivity (Wildman–Crippen MR) is 88.5 cm³/mol. The van der Waals surface area contributed by atoms with Gasteiger partial charge in [-0.3, -0.25) is 0 Å². The smallest absolute Gasteiger partial charge is 0.160 e. The van der Waals surface area contributed by atoms with E-state index in [2.05, 4.69) is 47.9 Å². The lowest BCUT2D eigenvalue weighted by atomic mass is 9.74. The summed E-state index contributed by atoms with van der Waals surface area (Å²) >= 11 is 1.69. The maximum absolute atomic E-state index is 4.87. The van der Waals surface area contributed by atoms with Gasteiger partial charge in [-0.1, -0.05) is 20.8 Å². The van der Waals surface area contributed by atoms with Crippen LogP contribution in [0.1, 0.15) is 50.9 Å². The molecule has 1 N–H and O–H groups in total. The molecule has 0 radical (unpaired) electrons. The molecule has 21 heavy (non-hydrogen) atoms. The molecule has 1 unspecified atom stereocenters. The Bertz CT molecular complexity index is 605. The minimum absolute atomic E-state index is 0.290. The Labute approximate surface area is 130 Å². The van der Waals surface area contributed by atoms with Crippen molar-refractivity contribution < 1.29 is 0 Å². The number of aromatic nitrogens is 2. The number of hydrogen-bond acceptors (Lipinski definition) is 4. The lowest BCUT2D eigenvalue weighted by Crippen LogP contribution is -2.34. The molecule has 0 amide bonds. The lowest BCUT2D eigenvalue weighted by Gasteiger charge is -2.36. The average Bonchev–Trinajstić information content (AvgIpc) is 2.97. The van der Waals surface area contributed by atoms with Crippen molar-refractivity contribution >= 4 is 11.3 Å². The van der Waals surface area contributed by atoms with Crippen LogP contribution in [0.2, 0.25) is 0 Å². The summed E-state index contributed by atoms with van der Waals surface area (Å²) in [5.74, 6) is 0.863. The van der Waals surface area contributed by atoms with Crippen molar-refractivity contribution in [3.63, 3.8) is 0 Å². The van der Waals surface area contributed by atoms with Gasteiger partial charge in [0, 0.05) is 34.4 Å². The van der Waals surface area contributed by atoms with Crippen molar-refractivity contribution in [3.8, 4) is 11.4 Å². The summed E-state index contributed by atoms with van der Waals surface area (Å²) in [5, 5.41) is 7.85. The van der Waals surface area contributed by atoms with Gasteiger partial charge in [0.05, 0.1) is 0 Å². The molecule has 0 spiro atoms. The molecule has 3 nitrogen and oxygen atoms in total. The standard InChI is InChI=1S/C17H23N3S/c1-4-6-18-14-8-17(2,3)9-15-13(14)10-19-16(20-15)12-5-7-21-11-12/h5,7,10-11,14,18H,4,6,8-9H2,1-3H3. The van der Waals surface area contributed by atoms with Gasteiger partial charge < -0.3 is 5.32 Å². The summed E-state index contributed by atoms with van der Waals surface area (Å²) in [7, 11) is 0. The third-order valence-corrected chi connectivity index (χ3v) is 4.78. The number of nitrogens with zero attached hydrogens (tertiary/aromatic N) is 2. The highest BCUT2D eigenvalue weighted by Gasteiger charge is 2.33. The van der Waals surface area contributed by atoms with Crippen LogP contribution in [0.25, 0.3) is 11.4 Å². The zero-order chi connectivity index (χ0) is 14.9. The highest BCUT2D eigenvalue weighted by molar-refractivity contribution is 7.08. The topological polar surface area (TPSA) is 37.8 Å². The summed E-state index contributed by atoms with van der Waals surface area (Å²) in [6.45, 7) is 7.93. The fourth-order valence-corrected chi connectivity index (χ4v) is 3.71. The zero-order valence-corrected chi connectivity index (χ0v) is 13.8. The predicted octanol–water partition coefficient (Wildman–Crippen LogP) is 4.22. The first-order chi connectivity index (χ1) is 10.1. The third kappa shape index (κ3) is 3.16. The molecule has 0 bridgehead atoms. The van der Waals surface area contributed by atoms with Gasteiger partial charge in [-0.25, -0.2) is 9.97 Å². The monoisotopic (exact) mass is 301 g/mol. The fourth-order valence-electron chi connectivity index (χ4n) is 3.08. The van der Waals surface area contributed by atoms with Crippen LogP contribution in [0.3, 0.4) is 0 Å². The van der Waals surface area contributed by atoms with Crippen molar-refractivity contribution in [3.05, 3.63) is 34.3 Å². The molecular weight excluding hydrogens is 278 g/mol. The number of thiophene rings is 1. The largest absolute Gasteiger partial charge is 0.310 e. The first-order valence-electron chi connectivity index (χ1n) is 7.71. The van der Waals surface area contributed by atoms with Crippen molar-refractivity contribution in [2.45, 2.75) is 46.1 Å². The molecule has 112 valence electrons. The first kappa shape index (κ1) is 14.7. The van der Waals surface area contributed by atoms with E-state index in [0.717, 1.165) is 37.2 Å². The summed E-state index contributed by atoms with van der Waals surface area (Å²) in [6, 6.07) is 2.48. The van der Waals surface area contributed by atoms with Gasteiger partial charge in [-0.15, -0.1) is 0 Å². The SMILES string of the molecule is CCCNC1CC(C)(C)Cc2nc(-c3ccsc3)ncc21. The van der Waals surface area contributed by atoms with Gasteiger partial charge in [0.25, 0.3) is 0 Å². The van der Waals surface area contributed by atoms with Crippen molar-refractivity contribution in [1.82, 2.24) is 15.3 Å². The van der Waals surface area contributed by atoms with Gasteiger partial charge in [0.1, 0.15) is 0 Å². The second-order valence-corrected chi connectivity index (χ2v) is 7.44. The second-order valence-electron chi connectivity index (χ2n) is 6.66. The Hall–Kier alpha value is -1.26. The highest BCUT2D eigenvalue weighted by Crippen LogP contribution is 2.40. The van der Waals surface area contributed by atoms with Gasteiger partial charge in [-0.2, -0.15) is 11.3 Å². The van der Waals surface area contributed by atoms with Crippen molar-refractivity contribution in [2.24, 2.45) is 5.41 Å². The van der Waals surface area contributed by atoms with Crippen LogP contribution in [-0.2, 0) is 6.42 Å². The van der Waals surface area contributed by atoms with Crippen molar-refractivity contribution in [1.29, 1.82) is 0 Å². The summed E-state index contributed by atoms with van der Waals surface area (Å²) in [6.07, 6.45) is 5.38. The van der Waals surface area contributed by atoms with E-state index in [9.17, 15) is 0 Å². The van der Waals surface area contributed by atoms with E-state index < -0.39 is 0 Å². The lowest BCUT2D eigenvalue weighted by molar-refractivity contribution is 0.254. The molecule has 0 fully saturated rings. The van der Waals surface area contributed by atoms with Gasteiger partial charge >= 0.3 is 0 Å². The Kier molecular flexibility index (Phi) is 4.09. The first-order valence-corrected chi connectivity index (χ1v) is 8.65. The van der Waals surface area contributed by atoms with Gasteiger partial charge in [0.15, 0.2) is 5.82 Å². The fraction of sp³-hybridized carbons (Fsp3) is 0.529. The Balaban J connectivity index is 1.96. The van der Waals surface area contributed by atoms with Crippen molar-refractivity contribution in [2.75, 3.05) is 6.54 Å². The molecule has 0 aliphatic heterocycles. The normalized spacial score (nSPS) is 20.2. The number of nitrogens with one attached hydrogen (secondary N) is 1. The van der Waals surface area contributed by atoms with Crippen LogP contribution in [-0.4, -0.2) is 16.5 Å². The van der Waals surface area contributed by atoms with Crippen LogP contribution < -0.4 is 5.32 Å². The van der Waals surface area contributed by atoms with Crippen LogP contribution in [0.15, 0.2) is 23.0 Å². The Morgan fingerprint density at radius 2 is 2.29 bits per heavy atom. The number of fused-ring (bicyclic) bond motifs is 1. The zero-order valence-electron chi connectivity index (χ0n) is 13.0. The Morgan fingerprint density at radius 3 is 3.00 bits per heavy atom. The quantitative estimate of drug-likeness (QED) is 0.919. The molecule has 4 heteroatoms.